The van der Waals surface area contributed by atoms with Crippen molar-refractivity contribution in [3.05, 3.63) is 120 Å². The average molecular weight is 534 g/mol. The summed E-state index contributed by atoms with van der Waals surface area (Å²) in [7, 11) is 3.27. The van der Waals surface area contributed by atoms with Gasteiger partial charge in [0.1, 0.15) is 0 Å². The number of hydrogen-bond acceptors (Lipinski definition) is 5. The summed E-state index contributed by atoms with van der Waals surface area (Å²) < 4.78 is 13.7. The summed E-state index contributed by atoms with van der Waals surface area (Å²) in [6.07, 6.45) is 3.76. The van der Waals surface area contributed by atoms with Crippen LogP contribution in [0.4, 0.5) is 0 Å². The number of aromatic amines is 1. The Morgan fingerprint density at radius 1 is 1.00 bits per heavy atom. The normalized spacial score (nSPS) is 16.5. The SMILES string of the molecule is COc1ccc(C2C3=C(N=c4s/c(=C/c5c(C)[nH]c6ccccc56)c(=O)n42)c2ccccc2CC3)cc1OC. The quantitative estimate of drug-likeness (QED) is 0.349. The minimum atomic E-state index is -0.282. The van der Waals surface area contributed by atoms with Gasteiger partial charge >= 0.3 is 0 Å². The molecule has 3 aromatic carbocycles. The first-order chi connectivity index (χ1) is 19.1. The minimum Gasteiger partial charge on any atom is -0.493 e. The fraction of sp³-hybridized carbons (Fsp3) is 0.188. The molecule has 2 aromatic heterocycles. The number of fused-ring (bicyclic) bond motifs is 4. The fourth-order valence-corrected chi connectivity index (χ4v) is 6.94. The molecule has 39 heavy (non-hydrogen) atoms. The molecular formula is C32H27N3O3S. The molecule has 1 unspecified atom stereocenters. The summed E-state index contributed by atoms with van der Waals surface area (Å²) in [6, 6.07) is 22.3. The van der Waals surface area contributed by atoms with Crippen LogP contribution in [0.25, 0.3) is 22.7 Å². The lowest BCUT2D eigenvalue weighted by Gasteiger charge is -2.31. The van der Waals surface area contributed by atoms with Gasteiger partial charge in [-0.15, -0.1) is 0 Å². The maximum Gasteiger partial charge on any atom is 0.271 e. The van der Waals surface area contributed by atoms with Gasteiger partial charge in [0.2, 0.25) is 0 Å². The van der Waals surface area contributed by atoms with Crippen molar-refractivity contribution >= 4 is 34.0 Å². The zero-order chi connectivity index (χ0) is 26.7. The van der Waals surface area contributed by atoms with Crippen molar-refractivity contribution in [2.75, 3.05) is 14.2 Å². The zero-order valence-corrected chi connectivity index (χ0v) is 22.8. The molecule has 1 atom stereocenters. The van der Waals surface area contributed by atoms with E-state index in [4.69, 9.17) is 14.5 Å². The van der Waals surface area contributed by atoms with E-state index in [0.717, 1.165) is 57.4 Å². The number of aryl methyl sites for hydroxylation is 2. The molecule has 7 rings (SSSR count). The Balaban J connectivity index is 1.50. The van der Waals surface area contributed by atoms with Crippen LogP contribution in [-0.2, 0) is 6.42 Å². The molecule has 2 aliphatic rings. The Hall–Kier alpha value is -4.36. The number of rotatable bonds is 4. The third-order valence-electron chi connectivity index (χ3n) is 7.82. The van der Waals surface area contributed by atoms with E-state index in [9.17, 15) is 4.79 Å². The molecule has 0 saturated heterocycles. The van der Waals surface area contributed by atoms with Gasteiger partial charge in [0.25, 0.3) is 5.56 Å². The topological polar surface area (TPSA) is 68.6 Å². The number of methoxy groups -OCH3 is 2. The highest BCUT2D eigenvalue weighted by molar-refractivity contribution is 7.07. The van der Waals surface area contributed by atoms with Crippen molar-refractivity contribution in [3.63, 3.8) is 0 Å². The number of aromatic nitrogens is 2. The Labute approximate surface area is 229 Å². The molecular weight excluding hydrogens is 506 g/mol. The van der Waals surface area contributed by atoms with Crippen molar-refractivity contribution in [2.24, 2.45) is 4.99 Å². The fourth-order valence-electron chi connectivity index (χ4n) is 5.96. The number of H-pyrrole nitrogens is 1. The van der Waals surface area contributed by atoms with Gasteiger partial charge in [-0.2, -0.15) is 0 Å². The van der Waals surface area contributed by atoms with Gasteiger partial charge in [0.15, 0.2) is 16.3 Å². The second-order valence-corrected chi connectivity index (χ2v) is 10.9. The number of hydrogen-bond donors (Lipinski definition) is 1. The minimum absolute atomic E-state index is 0.0337. The average Bonchev–Trinajstić information content (AvgIpc) is 3.46. The molecule has 0 saturated carbocycles. The third-order valence-corrected chi connectivity index (χ3v) is 8.80. The number of ether oxygens (including phenoxy) is 2. The molecule has 0 spiro atoms. The largest absolute Gasteiger partial charge is 0.493 e. The van der Waals surface area contributed by atoms with Crippen LogP contribution in [0.3, 0.4) is 0 Å². The van der Waals surface area contributed by atoms with E-state index < -0.39 is 0 Å². The highest BCUT2D eigenvalue weighted by Crippen LogP contribution is 2.42. The summed E-state index contributed by atoms with van der Waals surface area (Å²) >= 11 is 1.45. The van der Waals surface area contributed by atoms with Crippen LogP contribution in [-0.4, -0.2) is 23.8 Å². The van der Waals surface area contributed by atoms with Crippen LogP contribution in [0, 0.1) is 6.92 Å². The lowest BCUT2D eigenvalue weighted by atomic mass is 9.83. The van der Waals surface area contributed by atoms with E-state index in [0.29, 0.717) is 20.8 Å². The van der Waals surface area contributed by atoms with E-state index in [1.807, 2.05) is 47.9 Å². The van der Waals surface area contributed by atoms with Crippen LogP contribution in [0.2, 0.25) is 0 Å². The molecule has 0 radical (unpaired) electrons. The van der Waals surface area contributed by atoms with Crippen LogP contribution < -0.4 is 24.4 Å². The van der Waals surface area contributed by atoms with Gasteiger partial charge in [-0.25, -0.2) is 4.99 Å². The second kappa shape index (κ2) is 9.13. The maximum atomic E-state index is 14.2. The van der Waals surface area contributed by atoms with Crippen molar-refractivity contribution in [2.45, 2.75) is 25.8 Å². The Bertz CT molecular complexity index is 1990. The number of thiazole rings is 1. The van der Waals surface area contributed by atoms with Gasteiger partial charge in [0.05, 0.1) is 30.5 Å². The molecule has 0 fully saturated rings. The Kier molecular flexibility index (Phi) is 5.56. The molecule has 0 amide bonds. The Morgan fingerprint density at radius 3 is 2.64 bits per heavy atom. The van der Waals surface area contributed by atoms with Crippen LogP contribution in [0.5, 0.6) is 11.5 Å². The van der Waals surface area contributed by atoms with E-state index in [1.54, 1.807) is 14.2 Å². The molecule has 0 bridgehead atoms. The zero-order valence-electron chi connectivity index (χ0n) is 21.9. The van der Waals surface area contributed by atoms with Crippen molar-refractivity contribution in [3.8, 4) is 11.5 Å². The lowest BCUT2D eigenvalue weighted by Crippen LogP contribution is -2.38. The lowest BCUT2D eigenvalue weighted by molar-refractivity contribution is 0.354. The van der Waals surface area contributed by atoms with Gasteiger partial charge in [-0.05, 0) is 60.7 Å². The van der Waals surface area contributed by atoms with Gasteiger partial charge in [-0.1, -0.05) is 59.9 Å². The standard InChI is InChI=1S/C32H27N3O3S/c1-18-24(22-10-6-7-11-25(22)33-18)17-28-31(36)35-30(20-13-15-26(37-2)27(16-20)38-3)23-14-12-19-8-4-5-9-21(19)29(23)34-32(35)39-28/h4-11,13,15-17,30,33H,12,14H2,1-3H3/b28-17+. The monoisotopic (exact) mass is 533 g/mol. The summed E-state index contributed by atoms with van der Waals surface area (Å²) in [5.74, 6) is 1.30. The second-order valence-electron chi connectivity index (χ2n) is 9.94. The molecule has 7 heteroatoms. The molecule has 6 nitrogen and oxygen atoms in total. The van der Waals surface area contributed by atoms with Gasteiger partial charge in [-0.3, -0.25) is 9.36 Å². The number of para-hydroxylation sites is 1. The first kappa shape index (κ1) is 23.7. The molecule has 1 N–H and O–H groups in total. The van der Waals surface area contributed by atoms with E-state index in [-0.39, 0.29) is 11.6 Å². The highest BCUT2D eigenvalue weighted by Gasteiger charge is 2.33. The number of nitrogens with zero attached hydrogens (tertiary/aromatic N) is 2. The van der Waals surface area contributed by atoms with Crippen LogP contribution >= 0.6 is 11.3 Å². The van der Waals surface area contributed by atoms with Crippen LogP contribution in [0.15, 0.2) is 82.1 Å². The number of nitrogens with one attached hydrogen (secondary N) is 1. The molecule has 3 heterocycles. The van der Waals surface area contributed by atoms with Gasteiger partial charge in [0, 0.05) is 27.7 Å². The first-order valence-electron chi connectivity index (χ1n) is 13.0. The Morgan fingerprint density at radius 2 is 1.79 bits per heavy atom. The number of benzene rings is 3. The first-order valence-corrected chi connectivity index (χ1v) is 13.8. The van der Waals surface area contributed by atoms with E-state index in [2.05, 4.69) is 41.4 Å². The van der Waals surface area contributed by atoms with Crippen molar-refractivity contribution < 1.29 is 9.47 Å². The highest BCUT2D eigenvalue weighted by atomic mass is 32.1. The molecule has 194 valence electrons. The van der Waals surface area contributed by atoms with Crippen molar-refractivity contribution in [1.29, 1.82) is 0 Å². The molecule has 1 aliphatic heterocycles. The smallest absolute Gasteiger partial charge is 0.271 e. The molecule has 1 aliphatic carbocycles. The predicted molar refractivity (Wildman–Crippen MR) is 155 cm³/mol. The van der Waals surface area contributed by atoms with E-state index in [1.165, 1.54) is 16.9 Å². The van der Waals surface area contributed by atoms with Crippen molar-refractivity contribution in [1.82, 2.24) is 9.55 Å². The summed E-state index contributed by atoms with van der Waals surface area (Å²) in [5, 5.41) is 1.10. The van der Waals surface area contributed by atoms with Gasteiger partial charge < -0.3 is 14.5 Å². The number of allylic oxidation sites excluding steroid dienone is 1. The summed E-state index contributed by atoms with van der Waals surface area (Å²) in [4.78, 5) is 23.4. The summed E-state index contributed by atoms with van der Waals surface area (Å²) in [5.41, 5.74) is 8.65. The maximum absolute atomic E-state index is 14.2. The molecule has 5 aromatic rings. The van der Waals surface area contributed by atoms with E-state index >= 15 is 0 Å². The van der Waals surface area contributed by atoms with Crippen LogP contribution in [0.1, 0.15) is 40.4 Å². The predicted octanol–water partition coefficient (Wildman–Crippen LogP) is 5.13. The summed E-state index contributed by atoms with van der Waals surface area (Å²) in [6.45, 7) is 2.05. The third kappa shape index (κ3) is 3.68.